The number of halogens is 2. The highest BCUT2D eigenvalue weighted by atomic mass is 79.9. The largest absolute Gasteiger partial charge is 0.370 e. The zero-order chi connectivity index (χ0) is 13.0. The van der Waals surface area contributed by atoms with Crippen LogP contribution in [-0.4, -0.2) is 29.2 Å². The van der Waals surface area contributed by atoms with Crippen LogP contribution in [-0.2, 0) is 14.4 Å². The van der Waals surface area contributed by atoms with E-state index in [0.717, 1.165) is 6.42 Å². The van der Waals surface area contributed by atoms with Crippen molar-refractivity contribution < 1.29 is 14.4 Å². The summed E-state index contributed by atoms with van der Waals surface area (Å²) < 4.78 is 0.527. The van der Waals surface area contributed by atoms with Crippen molar-refractivity contribution in [1.29, 1.82) is 0 Å². The molecule has 0 fully saturated rings. The predicted octanol–water partition coefficient (Wildman–Crippen LogP) is 1.40. The third kappa shape index (κ3) is 3.64. The van der Waals surface area contributed by atoms with Crippen LogP contribution in [0, 0.1) is 0 Å². The Morgan fingerprint density at radius 2 is 1.59 bits per heavy atom. The summed E-state index contributed by atoms with van der Waals surface area (Å²) in [4.78, 5) is 34.9. The van der Waals surface area contributed by atoms with Crippen molar-refractivity contribution in [2.45, 2.75) is 25.7 Å². The van der Waals surface area contributed by atoms with Gasteiger partial charge in [-0.25, -0.2) is 0 Å². The molecule has 0 aromatic heterocycles. The van der Waals surface area contributed by atoms with Gasteiger partial charge in [-0.1, -0.05) is 6.42 Å². The maximum atomic E-state index is 11.6. The molecule has 94 valence electrons. The van der Waals surface area contributed by atoms with Gasteiger partial charge in [-0.2, -0.15) is 0 Å². The molecule has 1 aliphatic rings. The summed E-state index contributed by atoms with van der Waals surface area (Å²) in [5.41, 5.74) is 5.00. The van der Waals surface area contributed by atoms with Crippen molar-refractivity contribution in [3.05, 3.63) is 8.96 Å². The number of carbonyl (C=O) groups excluding carboxylic acids is 3. The number of imide groups is 1. The Kier molecular flexibility index (Phi) is 5.32. The van der Waals surface area contributed by atoms with Gasteiger partial charge in [0, 0.05) is 13.0 Å². The first kappa shape index (κ1) is 14.4. The van der Waals surface area contributed by atoms with Crippen molar-refractivity contribution >= 4 is 49.6 Å². The van der Waals surface area contributed by atoms with Gasteiger partial charge in [0.15, 0.2) is 0 Å². The molecule has 0 aromatic carbocycles. The number of hydrogen-bond acceptors (Lipinski definition) is 3. The lowest BCUT2D eigenvalue weighted by molar-refractivity contribution is -0.137. The Bertz CT molecular complexity index is 369. The summed E-state index contributed by atoms with van der Waals surface area (Å²) in [7, 11) is 0. The number of primary amides is 1. The van der Waals surface area contributed by atoms with E-state index in [1.807, 2.05) is 0 Å². The minimum absolute atomic E-state index is 0.264. The highest BCUT2D eigenvalue weighted by Gasteiger charge is 2.35. The zero-order valence-electron chi connectivity index (χ0n) is 9.04. The van der Waals surface area contributed by atoms with Crippen molar-refractivity contribution in [1.82, 2.24) is 4.90 Å². The van der Waals surface area contributed by atoms with Crippen LogP contribution in [0.15, 0.2) is 8.96 Å². The molecule has 1 aliphatic heterocycles. The molecule has 0 spiro atoms. The molecule has 0 atom stereocenters. The number of hydrogen-bond donors (Lipinski definition) is 1. The van der Waals surface area contributed by atoms with Gasteiger partial charge in [-0.3, -0.25) is 19.3 Å². The van der Waals surface area contributed by atoms with Crippen LogP contribution in [0.5, 0.6) is 0 Å². The number of nitrogens with two attached hydrogens (primary N) is 1. The molecule has 0 aromatic rings. The van der Waals surface area contributed by atoms with Crippen LogP contribution < -0.4 is 5.73 Å². The predicted molar refractivity (Wildman–Crippen MR) is 69.3 cm³/mol. The number of unbranched alkanes of at least 4 members (excludes halogenated alkanes) is 2. The lowest BCUT2D eigenvalue weighted by atomic mass is 10.2. The Hall–Kier alpha value is -0.690. The second kappa shape index (κ2) is 6.30. The van der Waals surface area contributed by atoms with E-state index < -0.39 is 0 Å². The molecule has 0 aliphatic carbocycles. The molecular weight excluding hydrogens is 356 g/mol. The van der Waals surface area contributed by atoms with Crippen LogP contribution in [0.25, 0.3) is 0 Å². The van der Waals surface area contributed by atoms with Crippen LogP contribution >= 0.6 is 31.9 Å². The van der Waals surface area contributed by atoms with Crippen LogP contribution in [0.1, 0.15) is 25.7 Å². The molecule has 1 heterocycles. The van der Waals surface area contributed by atoms with Crippen LogP contribution in [0.2, 0.25) is 0 Å². The third-order valence-corrected chi connectivity index (χ3v) is 4.37. The van der Waals surface area contributed by atoms with E-state index in [4.69, 9.17) is 5.73 Å². The first-order valence-corrected chi connectivity index (χ1v) is 6.73. The lowest BCUT2D eigenvalue weighted by Crippen LogP contribution is -2.32. The zero-order valence-corrected chi connectivity index (χ0v) is 12.2. The van der Waals surface area contributed by atoms with E-state index in [9.17, 15) is 14.4 Å². The van der Waals surface area contributed by atoms with E-state index >= 15 is 0 Å². The first-order valence-electron chi connectivity index (χ1n) is 5.15. The van der Waals surface area contributed by atoms with Gasteiger partial charge < -0.3 is 5.73 Å². The second-order valence-corrected chi connectivity index (χ2v) is 5.25. The standard InChI is InChI=1S/C10H12Br2N2O3/c11-7-8(12)10(17)14(9(7)16)5-3-1-2-4-6(13)15/h1-5H2,(H2,13,15). The minimum Gasteiger partial charge on any atom is -0.370 e. The number of carbonyl (C=O) groups is 3. The number of nitrogens with zero attached hydrogens (tertiary/aromatic N) is 1. The monoisotopic (exact) mass is 366 g/mol. The van der Waals surface area contributed by atoms with E-state index in [2.05, 4.69) is 31.9 Å². The molecular formula is C10H12Br2N2O3. The normalized spacial score (nSPS) is 16.0. The molecule has 0 unspecified atom stereocenters. The summed E-state index contributed by atoms with van der Waals surface area (Å²) in [6, 6.07) is 0. The van der Waals surface area contributed by atoms with Crippen LogP contribution in [0.3, 0.4) is 0 Å². The van der Waals surface area contributed by atoms with Gasteiger partial charge in [0.1, 0.15) is 8.96 Å². The van der Waals surface area contributed by atoms with E-state index in [1.165, 1.54) is 4.90 Å². The van der Waals surface area contributed by atoms with Gasteiger partial charge in [0.05, 0.1) is 0 Å². The van der Waals surface area contributed by atoms with Crippen molar-refractivity contribution in [3.8, 4) is 0 Å². The third-order valence-electron chi connectivity index (χ3n) is 2.36. The molecule has 17 heavy (non-hydrogen) atoms. The van der Waals surface area contributed by atoms with Crippen molar-refractivity contribution in [3.63, 3.8) is 0 Å². The fraction of sp³-hybridized carbons (Fsp3) is 0.500. The molecule has 1 rings (SSSR count). The molecule has 3 amide bonds. The molecule has 0 bridgehead atoms. The number of rotatable bonds is 6. The molecule has 0 saturated carbocycles. The number of amides is 3. The Labute approximate surface area is 116 Å². The smallest absolute Gasteiger partial charge is 0.269 e. The summed E-state index contributed by atoms with van der Waals surface area (Å²) in [6.07, 6.45) is 2.45. The van der Waals surface area contributed by atoms with E-state index in [-0.39, 0.29) is 26.7 Å². The summed E-state index contributed by atoms with van der Waals surface area (Å²) in [5, 5.41) is 0. The van der Waals surface area contributed by atoms with E-state index in [1.54, 1.807) is 0 Å². The van der Waals surface area contributed by atoms with Gasteiger partial charge in [0.25, 0.3) is 11.8 Å². The topological polar surface area (TPSA) is 80.5 Å². The Morgan fingerprint density at radius 3 is 2.06 bits per heavy atom. The highest BCUT2D eigenvalue weighted by Crippen LogP contribution is 2.29. The molecule has 0 radical (unpaired) electrons. The average Bonchev–Trinajstić information content (AvgIpc) is 2.45. The fourth-order valence-corrected chi connectivity index (χ4v) is 2.23. The molecule has 0 saturated heterocycles. The summed E-state index contributed by atoms with van der Waals surface area (Å²) in [6.45, 7) is 0.362. The average molecular weight is 368 g/mol. The van der Waals surface area contributed by atoms with Gasteiger partial charge >= 0.3 is 0 Å². The van der Waals surface area contributed by atoms with Gasteiger partial charge in [0.2, 0.25) is 5.91 Å². The fourth-order valence-electron chi connectivity index (χ4n) is 1.47. The van der Waals surface area contributed by atoms with Crippen LogP contribution in [0.4, 0.5) is 0 Å². The Balaban J connectivity index is 2.33. The van der Waals surface area contributed by atoms with Crippen molar-refractivity contribution in [2.24, 2.45) is 5.73 Å². The summed E-state index contributed by atoms with van der Waals surface area (Å²) >= 11 is 6.10. The molecule has 7 heteroatoms. The maximum Gasteiger partial charge on any atom is 0.269 e. The molecule has 5 nitrogen and oxygen atoms in total. The molecule has 2 N–H and O–H groups in total. The quantitative estimate of drug-likeness (QED) is 0.569. The summed E-state index contributed by atoms with van der Waals surface area (Å²) in [5.74, 6) is -0.973. The van der Waals surface area contributed by atoms with Gasteiger partial charge in [-0.05, 0) is 44.7 Å². The van der Waals surface area contributed by atoms with E-state index in [0.29, 0.717) is 25.8 Å². The highest BCUT2D eigenvalue weighted by molar-refractivity contribution is 9.14. The van der Waals surface area contributed by atoms with Gasteiger partial charge in [-0.15, -0.1) is 0 Å². The maximum absolute atomic E-state index is 11.6. The lowest BCUT2D eigenvalue weighted by Gasteiger charge is -2.13. The first-order chi connectivity index (χ1) is 7.95. The Morgan fingerprint density at radius 1 is 1.06 bits per heavy atom. The minimum atomic E-state index is -0.328. The second-order valence-electron chi connectivity index (χ2n) is 3.67. The van der Waals surface area contributed by atoms with Crippen molar-refractivity contribution in [2.75, 3.05) is 6.54 Å². The SMILES string of the molecule is NC(=O)CCCCCN1C(=O)C(Br)=C(Br)C1=O.